The first-order chi connectivity index (χ1) is 15.5. The van der Waals surface area contributed by atoms with Gasteiger partial charge >= 0.3 is 12.1 Å². The third-order valence-corrected chi connectivity index (χ3v) is 3.99. The monoisotopic (exact) mass is 447 g/mol. The maximum absolute atomic E-state index is 12.4. The molecule has 0 fully saturated rings. The highest BCUT2D eigenvalue weighted by Crippen LogP contribution is 2.07. The molecule has 2 aromatic carbocycles. The van der Waals surface area contributed by atoms with Crippen LogP contribution in [0.2, 0.25) is 0 Å². The third kappa shape index (κ3) is 9.07. The number of ether oxygens (including phenoxy) is 1. The van der Waals surface area contributed by atoms with Crippen molar-refractivity contribution in [2.45, 2.75) is 32.4 Å². The molecule has 0 aliphatic heterocycles. The number of carboxylic acid groups (broad SMARTS) is 1. The Bertz CT molecular complexity index is 1130. The van der Waals surface area contributed by atoms with Crippen molar-refractivity contribution in [3.05, 3.63) is 65.2 Å². The Labute approximate surface area is 192 Å². The van der Waals surface area contributed by atoms with Gasteiger partial charge in [0, 0.05) is 22.4 Å². The van der Waals surface area contributed by atoms with Crippen LogP contribution in [0.15, 0.2) is 48.5 Å². The van der Waals surface area contributed by atoms with E-state index in [9.17, 15) is 19.5 Å². The van der Waals surface area contributed by atoms with Crippen molar-refractivity contribution in [2.75, 3.05) is 12.3 Å². The molecule has 0 radical (unpaired) electrons. The minimum Gasteiger partial charge on any atom is -0.480 e. The molecular formula is C25H25N3O5. The van der Waals surface area contributed by atoms with E-state index in [0.29, 0.717) is 11.3 Å². The van der Waals surface area contributed by atoms with Gasteiger partial charge in [-0.15, -0.1) is 0 Å². The number of hydrogen-bond donors (Lipinski definition) is 4. The predicted octanol–water partition coefficient (Wildman–Crippen LogP) is 2.38. The first kappa shape index (κ1) is 24.8. The highest BCUT2D eigenvalue weighted by Gasteiger charge is 2.23. The summed E-state index contributed by atoms with van der Waals surface area (Å²) in [5.74, 6) is 9.35. The smallest absolute Gasteiger partial charge is 0.407 e. The van der Waals surface area contributed by atoms with Gasteiger partial charge < -0.3 is 26.2 Å². The van der Waals surface area contributed by atoms with Gasteiger partial charge in [-0.2, -0.15) is 0 Å². The summed E-state index contributed by atoms with van der Waals surface area (Å²) < 4.78 is 5.06. The molecule has 1 atom stereocenters. The number of hydrogen-bond acceptors (Lipinski definition) is 5. The number of carbonyl (C=O) groups excluding carboxylic acids is 2. The molecular weight excluding hydrogens is 422 g/mol. The van der Waals surface area contributed by atoms with Crippen molar-refractivity contribution in [3.8, 4) is 23.7 Å². The zero-order valence-corrected chi connectivity index (χ0v) is 18.6. The van der Waals surface area contributed by atoms with Gasteiger partial charge in [0.2, 0.25) is 0 Å². The number of alkyl carbamates (subject to hydrolysis) is 1. The van der Waals surface area contributed by atoms with Gasteiger partial charge in [-0.05, 0) is 81.1 Å². The fourth-order valence-corrected chi connectivity index (χ4v) is 2.42. The molecule has 8 nitrogen and oxygen atoms in total. The van der Waals surface area contributed by atoms with E-state index in [4.69, 9.17) is 10.5 Å². The van der Waals surface area contributed by atoms with E-state index in [-0.39, 0.29) is 12.1 Å². The maximum atomic E-state index is 12.4. The molecule has 2 rings (SSSR count). The molecule has 2 amide bonds. The number of nitrogens with one attached hydrogen (secondary N) is 2. The van der Waals surface area contributed by atoms with Crippen molar-refractivity contribution >= 4 is 23.7 Å². The molecule has 0 aromatic heterocycles. The Kier molecular flexibility index (Phi) is 8.48. The highest BCUT2D eigenvalue weighted by atomic mass is 16.6. The van der Waals surface area contributed by atoms with Crippen LogP contribution < -0.4 is 16.4 Å². The molecule has 8 heteroatoms. The van der Waals surface area contributed by atoms with Crippen LogP contribution in [0.5, 0.6) is 0 Å². The van der Waals surface area contributed by atoms with Crippen LogP contribution in [0.4, 0.5) is 10.5 Å². The first-order valence-corrected chi connectivity index (χ1v) is 10.0. The molecule has 0 saturated carbocycles. The van der Waals surface area contributed by atoms with Gasteiger partial charge in [-0.1, -0.05) is 11.8 Å². The summed E-state index contributed by atoms with van der Waals surface area (Å²) >= 11 is 0. The van der Waals surface area contributed by atoms with Crippen LogP contribution in [-0.2, 0) is 9.53 Å². The summed E-state index contributed by atoms with van der Waals surface area (Å²) in [5.41, 5.74) is 7.23. The topological polar surface area (TPSA) is 131 Å². The van der Waals surface area contributed by atoms with Crippen LogP contribution in [0, 0.1) is 23.7 Å². The lowest BCUT2D eigenvalue weighted by Gasteiger charge is -2.21. The average molecular weight is 447 g/mol. The summed E-state index contributed by atoms with van der Waals surface area (Å²) in [6.45, 7) is 4.73. The van der Waals surface area contributed by atoms with E-state index >= 15 is 0 Å². The van der Waals surface area contributed by atoms with Crippen LogP contribution >= 0.6 is 0 Å². The quantitative estimate of drug-likeness (QED) is 0.411. The molecule has 0 bridgehead atoms. The molecule has 0 heterocycles. The largest absolute Gasteiger partial charge is 0.480 e. The maximum Gasteiger partial charge on any atom is 0.407 e. The lowest BCUT2D eigenvalue weighted by Crippen LogP contribution is -2.49. The third-order valence-electron chi connectivity index (χ3n) is 3.99. The molecule has 0 aliphatic rings. The van der Waals surface area contributed by atoms with Crippen LogP contribution in [0.1, 0.15) is 42.3 Å². The second kappa shape index (κ2) is 11.3. The number of carboxylic acids is 1. The molecule has 5 N–H and O–H groups in total. The van der Waals surface area contributed by atoms with E-state index in [1.54, 1.807) is 57.2 Å². The SMILES string of the molecule is CC(C)(C)OC(=O)NCC(NC(=O)c1ccc(C#CC#Cc2ccc(N)cc2)cc1)C(=O)O. The van der Waals surface area contributed by atoms with Gasteiger partial charge in [0.1, 0.15) is 11.6 Å². The minimum absolute atomic E-state index is 0.247. The average Bonchev–Trinajstić information content (AvgIpc) is 2.74. The molecule has 2 aromatic rings. The molecule has 0 aliphatic carbocycles. The normalized spacial score (nSPS) is 11.0. The fourth-order valence-electron chi connectivity index (χ4n) is 2.42. The number of aliphatic carboxylic acids is 1. The number of nitrogen functional groups attached to an aromatic ring is 1. The van der Waals surface area contributed by atoms with Crippen molar-refractivity contribution < 1.29 is 24.2 Å². The van der Waals surface area contributed by atoms with Crippen LogP contribution in [-0.4, -0.2) is 41.3 Å². The minimum atomic E-state index is -1.33. The van der Waals surface area contributed by atoms with Crippen LogP contribution in [0.25, 0.3) is 0 Å². The number of nitrogens with two attached hydrogens (primary N) is 1. The van der Waals surface area contributed by atoms with E-state index < -0.39 is 29.6 Å². The number of carbonyl (C=O) groups is 3. The van der Waals surface area contributed by atoms with Gasteiger partial charge in [0.05, 0.1) is 6.54 Å². The summed E-state index contributed by atoms with van der Waals surface area (Å²) in [5, 5.41) is 14.0. The zero-order chi connectivity index (χ0) is 24.4. The van der Waals surface area contributed by atoms with Crippen molar-refractivity contribution in [3.63, 3.8) is 0 Å². The number of anilines is 1. The number of rotatable bonds is 5. The lowest BCUT2D eigenvalue weighted by molar-refractivity contribution is -0.139. The second-order valence-electron chi connectivity index (χ2n) is 7.95. The van der Waals surface area contributed by atoms with Gasteiger partial charge in [0.15, 0.2) is 0 Å². The van der Waals surface area contributed by atoms with E-state index in [0.717, 1.165) is 5.56 Å². The van der Waals surface area contributed by atoms with E-state index in [2.05, 4.69) is 34.3 Å². The van der Waals surface area contributed by atoms with E-state index in [1.165, 1.54) is 12.1 Å². The molecule has 1 unspecified atom stereocenters. The summed E-state index contributed by atoms with van der Waals surface area (Å²) in [4.78, 5) is 35.6. The van der Waals surface area contributed by atoms with E-state index in [1.807, 2.05) is 0 Å². The predicted molar refractivity (Wildman–Crippen MR) is 124 cm³/mol. The number of amides is 2. The summed E-state index contributed by atoms with van der Waals surface area (Å²) in [6.07, 6.45) is -0.773. The Morgan fingerprint density at radius 2 is 1.48 bits per heavy atom. The Morgan fingerprint density at radius 1 is 0.970 bits per heavy atom. The van der Waals surface area contributed by atoms with Gasteiger partial charge in [0.25, 0.3) is 5.91 Å². The number of benzene rings is 2. The molecule has 0 spiro atoms. The molecule has 33 heavy (non-hydrogen) atoms. The summed E-state index contributed by atoms with van der Waals surface area (Å²) in [7, 11) is 0. The Balaban J connectivity index is 1.95. The Hall–Kier alpha value is -4.43. The van der Waals surface area contributed by atoms with Gasteiger partial charge in [-0.3, -0.25) is 4.79 Å². The van der Waals surface area contributed by atoms with Crippen molar-refractivity contribution in [1.82, 2.24) is 10.6 Å². The van der Waals surface area contributed by atoms with Crippen molar-refractivity contribution in [1.29, 1.82) is 0 Å². The second-order valence-corrected chi connectivity index (χ2v) is 7.95. The van der Waals surface area contributed by atoms with Gasteiger partial charge in [-0.25, -0.2) is 9.59 Å². The standard InChI is InChI=1S/C25H25N3O5/c1-25(2,3)33-24(32)27-16-21(23(30)31)28-22(29)19-12-8-17(9-13-19)6-4-5-7-18-10-14-20(26)15-11-18/h8-15,21H,16,26H2,1-3H3,(H,27,32)(H,28,29)(H,30,31). The Morgan fingerprint density at radius 3 is 1.97 bits per heavy atom. The van der Waals surface area contributed by atoms with Crippen LogP contribution in [0.3, 0.4) is 0 Å². The fraction of sp³-hybridized carbons (Fsp3) is 0.240. The highest BCUT2D eigenvalue weighted by molar-refractivity contribution is 5.96. The zero-order valence-electron chi connectivity index (χ0n) is 18.6. The lowest BCUT2D eigenvalue weighted by atomic mass is 10.1. The molecule has 0 saturated heterocycles. The first-order valence-electron chi connectivity index (χ1n) is 10.0. The summed E-state index contributed by atoms with van der Waals surface area (Å²) in [6, 6.07) is 12.1. The van der Waals surface area contributed by atoms with Crippen molar-refractivity contribution in [2.24, 2.45) is 0 Å². The molecule has 170 valence electrons.